The first-order valence-corrected chi connectivity index (χ1v) is 11.0. The Labute approximate surface area is 161 Å². The van der Waals surface area contributed by atoms with Gasteiger partial charge in [0, 0.05) is 32.5 Å². The summed E-state index contributed by atoms with van der Waals surface area (Å²) in [5.74, 6) is 0. The molecule has 0 saturated carbocycles. The van der Waals surface area contributed by atoms with Crippen molar-refractivity contribution < 1.29 is 0 Å². The van der Waals surface area contributed by atoms with Gasteiger partial charge in [-0.05, 0) is 68.4 Å². The molecule has 0 bridgehead atoms. The lowest BCUT2D eigenvalue weighted by Crippen LogP contribution is -2.13. The molecule has 130 valence electrons. The van der Waals surface area contributed by atoms with Crippen LogP contribution in [0.1, 0.15) is 13.8 Å². The summed E-state index contributed by atoms with van der Waals surface area (Å²) in [6, 6.07) is 17.4. The summed E-state index contributed by atoms with van der Waals surface area (Å²) in [4.78, 5) is 7.17. The Morgan fingerprint density at radius 1 is 0.960 bits per heavy atom. The highest BCUT2D eigenvalue weighted by Crippen LogP contribution is 2.29. The highest BCUT2D eigenvalue weighted by molar-refractivity contribution is 7.98. The van der Waals surface area contributed by atoms with Gasteiger partial charge in [0.05, 0.1) is 5.69 Å². The van der Waals surface area contributed by atoms with Gasteiger partial charge < -0.3 is 5.32 Å². The van der Waals surface area contributed by atoms with Crippen LogP contribution in [0.3, 0.4) is 0 Å². The van der Waals surface area contributed by atoms with Gasteiger partial charge in [0.1, 0.15) is 0 Å². The molecule has 3 aromatic rings. The van der Waals surface area contributed by atoms with Gasteiger partial charge in [0.25, 0.3) is 0 Å². The Bertz CT molecular complexity index is 796. The number of rotatable bonds is 7. The van der Waals surface area contributed by atoms with Crippen molar-refractivity contribution in [3.05, 3.63) is 53.9 Å². The Balaban J connectivity index is 1.66. The van der Waals surface area contributed by atoms with E-state index >= 15 is 0 Å². The summed E-state index contributed by atoms with van der Waals surface area (Å²) in [6.07, 6.45) is 2.08. The summed E-state index contributed by atoms with van der Waals surface area (Å²) >= 11 is 5.03. The molecule has 0 saturated heterocycles. The van der Waals surface area contributed by atoms with E-state index in [1.807, 2.05) is 0 Å². The summed E-state index contributed by atoms with van der Waals surface area (Å²) in [6.45, 7) is 4.28. The maximum atomic E-state index is 4.70. The summed E-state index contributed by atoms with van der Waals surface area (Å²) in [5.41, 5.74) is 3.20. The third-order valence-electron chi connectivity index (χ3n) is 3.41. The molecule has 6 heteroatoms. The predicted molar refractivity (Wildman–Crippen MR) is 113 cm³/mol. The van der Waals surface area contributed by atoms with Crippen molar-refractivity contribution in [2.75, 3.05) is 11.6 Å². The number of nitrogens with zero attached hydrogens (tertiary/aromatic N) is 1. The van der Waals surface area contributed by atoms with Crippen LogP contribution in [0.4, 0.5) is 10.8 Å². The topological polar surface area (TPSA) is 37.0 Å². The Morgan fingerprint density at radius 3 is 2.28 bits per heavy atom. The highest BCUT2D eigenvalue weighted by atomic mass is 32.2. The van der Waals surface area contributed by atoms with E-state index in [-0.39, 0.29) is 0 Å². The second kappa shape index (κ2) is 8.76. The van der Waals surface area contributed by atoms with Crippen LogP contribution in [-0.2, 0) is 0 Å². The van der Waals surface area contributed by atoms with Gasteiger partial charge >= 0.3 is 0 Å². The summed E-state index contributed by atoms with van der Waals surface area (Å²) in [7, 11) is 0. The van der Waals surface area contributed by atoms with E-state index in [0.29, 0.717) is 6.04 Å². The number of thiazole rings is 1. The van der Waals surface area contributed by atoms with Gasteiger partial charge in [-0.25, -0.2) is 4.98 Å². The quantitative estimate of drug-likeness (QED) is 0.368. The van der Waals surface area contributed by atoms with E-state index < -0.39 is 0 Å². The monoisotopic (exact) mass is 387 g/mol. The molecule has 0 fully saturated rings. The van der Waals surface area contributed by atoms with E-state index in [1.54, 1.807) is 35.0 Å². The lowest BCUT2D eigenvalue weighted by atomic mass is 10.2. The third kappa shape index (κ3) is 5.25. The van der Waals surface area contributed by atoms with Crippen LogP contribution in [0.25, 0.3) is 11.3 Å². The van der Waals surface area contributed by atoms with Gasteiger partial charge in [0.15, 0.2) is 5.13 Å². The largest absolute Gasteiger partial charge is 0.332 e. The minimum atomic E-state index is 0.460. The Kier molecular flexibility index (Phi) is 6.42. The van der Waals surface area contributed by atoms with Crippen LogP contribution in [0.15, 0.2) is 63.7 Å². The van der Waals surface area contributed by atoms with E-state index in [2.05, 4.69) is 84.1 Å². The van der Waals surface area contributed by atoms with E-state index in [0.717, 1.165) is 22.1 Å². The van der Waals surface area contributed by atoms with Crippen molar-refractivity contribution in [2.45, 2.75) is 29.7 Å². The molecule has 1 aromatic heterocycles. The summed E-state index contributed by atoms with van der Waals surface area (Å²) in [5, 5.41) is 6.37. The smallest absolute Gasteiger partial charge is 0.187 e. The lowest BCUT2D eigenvalue weighted by Gasteiger charge is -2.07. The number of thioether (sulfide) groups is 1. The molecule has 2 N–H and O–H groups in total. The van der Waals surface area contributed by atoms with Crippen molar-refractivity contribution in [2.24, 2.45) is 0 Å². The Hall–Kier alpha value is -1.47. The van der Waals surface area contributed by atoms with Crippen molar-refractivity contribution >= 4 is 45.9 Å². The van der Waals surface area contributed by atoms with Crippen LogP contribution in [0.2, 0.25) is 0 Å². The molecular weight excluding hydrogens is 366 g/mol. The zero-order valence-corrected chi connectivity index (χ0v) is 16.9. The molecule has 0 amide bonds. The average Bonchev–Trinajstić information content (AvgIpc) is 3.09. The SMILES string of the molecule is CSc1ccc(Nc2nc(-c3ccc(SNC(C)C)cc3)cs2)cc1. The predicted octanol–water partition coefficient (Wildman–Crippen LogP) is 6.28. The molecule has 0 aliphatic carbocycles. The first-order chi connectivity index (χ1) is 12.1. The number of benzene rings is 2. The number of hydrogen-bond donors (Lipinski definition) is 2. The minimum Gasteiger partial charge on any atom is -0.332 e. The first-order valence-electron chi connectivity index (χ1n) is 8.03. The van der Waals surface area contributed by atoms with Crippen molar-refractivity contribution in [1.82, 2.24) is 9.71 Å². The number of nitrogens with one attached hydrogen (secondary N) is 2. The maximum absolute atomic E-state index is 4.70. The molecule has 3 rings (SSSR count). The molecule has 1 heterocycles. The Morgan fingerprint density at radius 2 is 1.64 bits per heavy atom. The van der Waals surface area contributed by atoms with Gasteiger partial charge in [-0.3, -0.25) is 4.72 Å². The minimum absolute atomic E-state index is 0.460. The molecule has 0 atom stereocenters. The van der Waals surface area contributed by atoms with Crippen LogP contribution >= 0.6 is 35.0 Å². The number of hydrogen-bond acceptors (Lipinski definition) is 6. The zero-order chi connectivity index (χ0) is 17.6. The molecule has 25 heavy (non-hydrogen) atoms. The molecule has 0 radical (unpaired) electrons. The fourth-order valence-electron chi connectivity index (χ4n) is 2.14. The van der Waals surface area contributed by atoms with Crippen molar-refractivity contribution in [1.29, 1.82) is 0 Å². The zero-order valence-electron chi connectivity index (χ0n) is 14.4. The van der Waals surface area contributed by atoms with Crippen LogP contribution in [0.5, 0.6) is 0 Å². The van der Waals surface area contributed by atoms with Gasteiger partial charge in [-0.2, -0.15) is 0 Å². The van der Waals surface area contributed by atoms with Gasteiger partial charge in [-0.15, -0.1) is 23.1 Å². The number of aromatic nitrogens is 1. The van der Waals surface area contributed by atoms with E-state index in [4.69, 9.17) is 4.98 Å². The second-order valence-corrected chi connectivity index (χ2v) is 8.44. The summed E-state index contributed by atoms with van der Waals surface area (Å²) < 4.78 is 3.35. The fourth-order valence-corrected chi connectivity index (χ4v) is 3.93. The maximum Gasteiger partial charge on any atom is 0.187 e. The molecule has 2 aromatic carbocycles. The van der Waals surface area contributed by atoms with Crippen molar-refractivity contribution in [3.8, 4) is 11.3 Å². The standard InChI is InChI=1S/C19H21N3S3/c1-13(2)22-25-17-8-4-14(5-9-17)18-12-24-19(21-18)20-15-6-10-16(23-3)11-7-15/h4-13,22H,1-3H3,(H,20,21). The number of anilines is 2. The van der Waals surface area contributed by atoms with Crippen molar-refractivity contribution in [3.63, 3.8) is 0 Å². The normalized spacial score (nSPS) is 11.0. The van der Waals surface area contributed by atoms with Gasteiger partial charge in [-0.1, -0.05) is 12.1 Å². The molecular formula is C19H21N3S3. The van der Waals surface area contributed by atoms with Crippen LogP contribution < -0.4 is 10.0 Å². The molecule has 3 nitrogen and oxygen atoms in total. The fraction of sp³-hybridized carbons (Fsp3) is 0.211. The third-order valence-corrected chi connectivity index (χ3v) is 6.01. The average molecular weight is 388 g/mol. The molecule has 0 unspecified atom stereocenters. The van der Waals surface area contributed by atoms with Crippen LogP contribution in [-0.4, -0.2) is 17.3 Å². The van der Waals surface area contributed by atoms with Crippen LogP contribution in [0, 0.1) is 0 Å². The van der Waals surface area contributed by atoms with Gasteiger partial charge in [0.2, 0.25) is 0 Å². The molecule has 0 aliphatic heterocycles. The second-order valence-electron chi connectivity index (χ2n) is 5.79. The first kappa shape index (κ1) is 18.3. The van der Waals surface area contributed by atoms with E-state index in [1.165, 1.54) is 9.79 Å². The molecule has 0 aliphatic rings. The highest BCUT2D eigenvalue weighted by Gasteiger charge is 2.06. The lowest BCUT2D eigenvalue weighted by molar-refractivity contribution is 0.771. The molecule has 0 spiro atoms. The van der Waals surface area contributed by atoms with E-state index in [9.17, 15) is 0 Å².